The Hall–Kier alpha value is 0.0700. The fourth-order valence-electron chi connectivity index (χ4n) is 1.03. The van der Waals surface area contributed by atoms with E-state index in [0.29, 0.717) is 0 Å². The van der Waals surface area contributed by atoms with Gasteiger partial charge in [0, 0.05) is 31.9 Å². The minimum Gasteiger partial charge on any atom is -0.314 e. The fourth-order valence-corrected chi connectivity index (χ4v) is 1.99. The molecule has 0 aromatic heterocycles. The van der Waals surface area contributed by atoms with Gasteiger partial charge in [-0.3, -0.25) is 0 Å². The summed E-state index contributed by atoms with van der Waals surface area (Å²) in [5, 5.41) is 3.22. The molecule has 0 amide bonds. The Morgan fingerprint density at radius 3 is 2.60 bits per heavy atom. The molecule has 1 saturated heterocycles. The van der Waals surface area contributed by atoms with E-state index in [1.165, 1.54) is 0 Å². The highest BCUT2D eigenvalue weighted by Gasteiger charge is 2.13. The molecule has 1 aliphatic heterocycles. The molecular formula is C6H14N2OS. The van der Waals surface area contributed by atoms with E-state index >= 15 is 0 Å². The van der Waals surface area contributed by atoms with Gasteiger partial charge in [-0.25, -0.2) is 8.51 Å². The molecule has 0 aliphatic carbocycles. The first-order valence-electron chi connectivity index (χ1n) is 3.68. The van der Waals surface area contributed by atoms with E-state index in [-0.39, 0.29) is 0 Å². The van der Waals surface area contributed by atoms with Gasteiger partial charge >= 0.3 is 0 Å². The van der Waals surface area contributed by atoms with Crippen LogP contribution in [0.2, 0.25) is 0 Å². The monoisotopic (exact) mass is 162 g/mol. The summed E-state index contributed by atoms with van der Waals surface area (Å²) < 4.78 is 13.2. The molecule has 1 rings (SSSR count). The summed E-state index contributed by atoms with van der Waals surface area (Å²) in [6.45, 7) is 5.77. The lowest BCUT2D eigenvalue weighted by Gasteiger charge is -2.25. The minimum absolute atomic E-state index is 0.720. The Labute approximate surface area is 64.4 Å². The van der Waals surface area contributed by atoms with Crippen LogP contribution in [0.1, 0.15) is 6.92 Å². The van der Waals surface area contributed by atoms with E-state index in [0.717, 1.165) is 31.9 Å². The van der Waals surface area contributed by atoms with Crippen LogP contribution in [0.3, 0.4) is 0 Å². The van der Waals surface area contributed by atoms with Gasteiger partial charge in [0.15, 0.2) is 0 Å². The van der Waals surface area contributed by atoms with Crippen molar-refractivity contribution in [2.75, 3.05) is 31.9 Å². The summed E-state index contributed by atoms with van der Waals surface area (Å²) in [7, 11) is -0.720. The van der Waals surface area contributed by atoms with Crippen LogP contribution in [-0.4, -0.2) is 40.4 Å². The predicted octanol–water partition coefficient (Wildman–Crippen LogP) is -0.425. The first-order valence-corrected chi connectivity index (χ1v) is 4.96. The van der Waals surface area contributed by atoms with Crippen LogP contribution in [-0.2, 0) is 11.0 Å². The molecule has 60 valence electrons. The lowest BCUT2D eigenvalue weighted by Crippen LogP contribution is -2.44. The van der Waals surface area contributed by atoms with Crippen molar-refractivity contribution in [3.63, 3.8) is 0 Å². The Balaban J connectivity index is 2.31. The summed E-state index contributed by atoms with van der Waals surface area (Å²) in [4.78, 5) is 0. The first kappa shape index (κ1) is 8.17. The zero-order valence-electron chi connectivity index (χ0n) is 6.30. The number of nitrogens with one attached hydrogen (secondary N) is 1. The van der Waals surface area contributed by atoms with Gasteiger partial charge in [0.25, 0.3) is 0 Å². The average molecular weight is 162 g/mol. The smallest absolute Gasteiger partial charge is 0.0940 e. The molecule has 0 radical (unpaired) electrons. The molecule has 1 N–H and O–H groups in total. The third-order valence-electron chi connectivity index (χ3n) is 1.61. The average Bonchev–Trinajstić information content (AvgIpc) is 2.05. The van der Waals surface area contributed by atoms with E-state index in [9.17, 15) is 4.21 Å². The van der Waals surface area contributed by atoms with Crippen molar-refractivity contribution >= 4 is 11.0 Å². The SMILES string of the molecule is CCS(=O)N1CCNCC1. The Morgan fingerprint density at radius 2 is 2.10 bits per heavy atom. The van der Waals surface area contributed by atoms with Gasteiger partial charge in [0.05, 0.1) is 11.0 Å². The number of piperazine rings is 1. The summed E-state index contributed by atoms with van der Waals surface area (Å²) in [5.41, 5.74) is 0. The first-order chi connectivity index (χ1) is 4.84. The highest BCUT2D eigenvalue weighted by molar-refractivity contribution is 7.82. The summed E-state index contributed by atoms with van der Waals surface area (Å²) in [6, 6.07) is 0. The Morgan fingerprint density at radius 1 is 1.50 bits per heavy atom. The van der Waals surface area contributed by atoms with Crippen molar-refractivity contribution in [1.29, 1.82) is 0 Å². The highest BCUT2D eigenvalue weighted by atomic mass is 32.2. The van der Waals surface area contributed by atoms with Gasteiger partial charge in [-0.15, -0.1) is 0 Å². The molecule has 0 bridgehead atoms. The van der Waals surface area contributed by atoms with E-state index < -0.39 is 11.0 Å². The van der Waals surface area contributed by atoms with Gasteiger partial charge in [0.2, 0.25) is 0 Å². The summed E-state index contributed by atoms with van der Waals surface area (Å²) in [6.07, 6.45) is 0. The third kappa shape index (κ3) is 2.04. The fraction of sp³-hybridized carbons (Fsp3) is 1.00. The second-order valence-electron chi connectivity index (χ2n) is 2.29. The lowest BCUT2D eigenvalue weighted by atomic mass is 10.4. The summed E-state index contributed by atoms with van der Waals surface area (Å²) >= 11 is 0. The molecule has 1 aliphatic rings. The Bertz CT molecular complexity index is 123. The molecule has 0 aromatic rings. The zero-order valence-corrected chi connectivity index (χ0v) is 7.12. The molecular weight excluding hydrogens is 148 g/mol. The van der Waals surface area contributed by atoms with Gasteiger partial charge in [0.1, 0.15) is 0 Å². The number of hydrogen-bond donors (Lipinski definition) is 1. The van der Waals surface area contributed by atoms with Crippen LogP contribution in [0.15, 0.2) is 0 Å². The van der Waals surface area contributed by atoms with Crippen molar-refractivity contribution in [2.45, 2.75) is 6.92 Å². The van der Waals surface area contributed by atoms with Crippen molar-refractivity contribution in [2.24, 2.45) is 0 Å². The van der Waals surface area contributed by atoms with Crippen LogP contribution in [0, 0.1) is 0 Å². The topological polar surface area (TPSA) is 32.3 Å². The van der Waals surface area contributed by atoms with Crippen molar-refractivity contribution in [3.8, 4) is 0 Å². The number of hydrogen-bond acceptors (Lipinski definition) is 2. The molecule has 1 unspecified atom stereocenters. The second kappa shape index (κ2) is 4.05. The van der Waals surface area contributed by atoms with Crippen LogP contribution in [0.25, 0.3) is 0 Å². The zero-order chi connectivity index (χ0) is 7.40. The quantitative estimate of drug-likeness (QED) is 0.598. The predicted molar refractivity (Wildman–Crippen MR) is 43.1 cm³/mol. The largest absolute Gasteiger partial charge is 0.314 e. The van der Waals surface area contributed by atoms with Crippen LogP contribution in [0.4, 0.5) is 0 Å². The number of nitrogens with zero attached hydrogens (tertiary/aromatic N) is 1. The van der Waals surface area contributed by atoms with Gasteiger partial charge in [-0.2, -0.15) is 0 Å². The van der Waals surface area contributed by atoms with Crippen molar-refractivity contribution in [1.82, 2.24) is 9.62 Å². The molecule has 10 heavy (non-hydrogen) atoms. The maximum Gasteiger partial charge on any atom is 0.0940 e. The maximum atomic E-state index is 11.2. The molecule has 4 heteroatoms. The molecule has 1 atom stereocenters. The molecule has 0 spiro atoms. The van der Waals surface area contributed by atoms with Crippen molar-refractivity contribution < 1.29 is 4.21 Å². The number of rotatable bonds is 2. The standard InChI is InChI=1S/C6H14N2OS/c1-2-10(9)8-5-3-7-4-6-8/h7H,2-6H2,1H3. The minimum atomic E-state index is -0.720. The molecule has 1 fully saturated rings. The third-order valence-corrected chi connectivity index (χ3v) is 3.05. The van der Waals surface area contributed by atoms with Crippen LogP contribution in [0.5, 0.6) is 0 Å². The van der Waals surface area contributed by atoms with Crippen molar-refractivity contribution in [3.05, 3.63) is 0 Å². The maximum absolute atomic E-state index is 11.2. The molecule has 0 saturated carbocycles. The van der Waals surface area contributed by atoms with Gasteiger partial charge in [-0.1, -0.05) is 6.92 Å². The molecule has 3 nitrogen and oxygen atoms in total. The second-order valence-corrected chi connectivity index (χ2v) is 4.03. The lowest BCUT2D eigenvalue weighted by molar-refractivity contribution is 0.381. The van der Waals surface area contributed by atoms with E-state index in [1.54, 1.807) is 0 Å². The van der Waals surface area contributed by atoms with Gasteiger partial charge in [-0.05, 0) is 0 Å². The van der Waals surface area contributed by atoms with E-state index in [2.05, 4.69) is 5.32 Å². The van der Waals surface area contributed by atoms with Crippen LogP contribution >= 0.6 is 0 Å². The highest BCUT2D eigenvalue weighted by Crippen LogP contribution is 1.96. The molecule has 1 heterocycles. The normalized spacial score (nSPS) is 24.5. The Kier molecular flexibility index (Phi) is 3.31. The van der Waals surface area contributed by atoms with Crippen LogP contribution < -0.4 is 5.32 Å². The molecule has 0 aromatic carbocycles. The van der Waals surface area contributed by atoms with E-state index in [4.69, 9.17) is 0 Å². The van der Waals surface area contributed by atoms with E-state index in [1.807, 2.05) is 11.2 Å². The summed E-state index contributed by atoms with van der Waals surface area (Å²) in [5.74, 6) is 0.750. The van der Waals surface area contributed by atoms with Gasteiger partial charge < -0.3 is 5.32 Å².